The van der Waals surface area contributed by atoms with Crippen molar-refractivity contribution < 1.29 is 4.39 Å². The molecule has 1 saturated heterocycles. The molecule has 0 spiro atoms. The second kappa shape index (κ2) is 3.02. The van der Waals surface area contributed by atoms with E-state index < -0.39 is 5.82 Å². The molecule has 1 aliphatic heterocycles. The summed E-state index contributed by atoms with van der Waals surface area (Å²) in [5.74, 6) is 0.149. The third-order valence-electron chi connectivity index (χ3n) is 2.11. The van der Waals surface area contributed by atoms with Crippen LogP contribution in [0.1, 0.15) is 12.0 Å². The minimum absolute atomic E-state index is 0.319. The van der Waals surface area contributed by atoms with Gasteiger partial charge in [0.05, 0.1) is 11.8 Å². The van der Waals surface area contributed by atoms with Gasteiger partial charge in [-0.3, -0.25) is 0 Å². The Kier molecular flexibility index (Phi) is 1.85. The van der Waals surface area contributed by atoms with E-state index in [2.05, 4.69) is 4.98 Å². The molecule has 13 heavy (non-hydrogen) atoms. The molecule has 2 heterocycles. The molecular formula is C9H8FN3. The Balaban J connectivity index is 2.39. The molecule has 1 aliphatic rings. The topological polar surface area (TPSA) is 39.9 Å². The van der Waals surface area contributed by atoms with Gasteiger partial charge in [-0.05, 0) is 12.5 Å². The van der Waals surface area contributed by atoms with Crippen molar-refractivity contribution in [2.45, 2.75) is 6.42 Å². The van der Waals surface area contributed by atoms with Crippen LogP contribution < -0.4 is 4.90 Å². The number of anilines is 1. The highest BCUT2D eigenvalue weighted by molar-refractivity contribution is 5.54. The number of pyridine rings is 1. The lowest BCUT2D eigenvalue weighted by atomic mass is 10.2. The van der Waals surface area contributed by atoms with Crippen LogP contribution in [0.2, 0.25) is 0 Å². The van der Waals surface area contributed by atoms with E-state index in [1.165, 1.54) is 6.07 Å². The van der Waals surface area contributed by atoms with Crippen molar-refractivity contribution in [3.63, 3.8) is 0 Å². The molecule has 0 unspecified atom stereocenters. The molecule has 1 aromatic heterocycles. The van der Waals surface area contributed by atoms with Gasteiger partial charge in [0.15, 0.2) is 0 Å². The molecule has 0 bridgehead atoms. The van der Waals surface area contributed by atoms with Crippen molar-refractivity contribution in [2.24, 2.45) is 0 Å². The van der Waals surface area contributed by atoms with Gasteiger partial charge < -0.3 is 4.90 Å². The number of hydrogen-bond donors (Lipinski definition) is 0. The molecule has 0 N–H and O–H groups in total. The monoisotopic (exact) mass is 177 g/mol. The fourth-order valence-electron chi connectivity index (χ4n) is 1.29. The highest BCUT2D eigenvalue weighted by Gasteiger charge is 2.19. The van der Waals surface area contributed by atoms with Crippen LogP contribution in [0.25, 0.3) is 0 Å². The highest BCUT2D eigenvalue weighted by Crippen LogP contribution is 2.22. The van der Waals surface area contributed by atoms with Crippen LogP contribution in [0.3, 0.4) is 0 Å². The van der Waals surface area contributed by atoms with Crippen LogP contribution in [0, 0.1) is 17.1 Å². The van der Waals surface area contributed by atoms with Crippen molar-refractivity contribution in [3.8, 4) is 6.07 Å². The van der Waals surface area contributed by atoms with Gasteiger partial charge in [0.25, 0.3) is 0 Å². The zero-order chi connectivity index (χ0) is 9.26. The molecular weight excluding hydrogens is 169 g/mol. The number of aromatic nitrogens is 1. The first-order chi connectivity index (χ1) is 6.31. The summed E-state index contributed by atoms with van der Waals surface area (Å²) in [6.45, 7) is 1.82. The van der Waals surface area contributed by atoms with Gasteiger partial charge >= 0.3 is 0 Å². The fraction of sp³-hybridized carbons (Fsp3) is 0.333. The second-order valence-corrected chi connectivity index (χ2v) is 2.98. The van der Waals surface area contributed by atoms with Gasteiger partial charge in [-0.25, -0.2) is 9.37 Å². The molecule has 1 fully saturated rings. The van der Waals surface area contributed by atoms with Crippen molar-refractivity contribution in [3.05, 3.63) is 23.6 Å². The number of rotatable bonds is 1. The molecule has 0 amide bonds. The second-order valence-electron chi connectivity index (χ2n) is 2.98. The van der Waals surface area contributed by atoms with Gasteiger partial charge in [-0.2, -0.15) is 5.26 Å². The van der Waals surface area contributed by atoms with Crippen LogP contribution in [0.15, 0.2) is 12.3 Å². The molecule has 0 saturated carbocycles. The average Bonchev–Trinajstić information content (AvgIpc) is 2.05. The Bertz CT molecular complexity index is 366. The molecule has 66 valence electrons. The Morgan fingerprint density at radius 2 is 2.31 bits per heavy atom. The van der Waals surface area contributed by atoms with E-state index in [0.29, 0.717) is 11.4 Å². The van der Waals surface area contributed by atoms with Gasteiger partial charge in [0.2, 0.25) is 0 Å². The normalized spacial score (nSPS) is 14.9. The molecule has 3 nitrogen and oxygen atoms in total. The lowest BCUT2D eigenvalue weighted by Gasteiger charge is -2.32. The number of nitrogens with zero attached hydrogens (tertiary/aromatic N) is 3. The van der Waals surface area contributed by atoms with Crippen LogP contribution in [-0.4, -0.2) is 18.1 Å². The fourth-order valence-corrected chi connectivity index (χ4v) is 1.29. The minimum Gasteiger partial charge on any atom is -0.355 e. The highest BCUT2D eigenvalue weighted by atomic mass is 19.1. The van der Waals surface area contributed by atoms with Crippen molar-refractivity contribution >= 4 is 5.82 Å². The smallest absolute Gasteiger partial charge is 0.146 e. The first-order valence-corrected chi connectivity index (χ1v) is 4.12. The first-order valence-electron chi connectivity index (χ1n) is 4.12. The maximum Gasteiger partial charge on any atom is 0.146 e. The summed E-state index contributed by atoms with van der Waals surface area (Å²) in [6.07, 6.45) is 2.26. The van der Waals surface area contributed by atoms with E-state index in [0.717, 1.165) is 25.7 Å². The van der Waals surface area contributed by atoms with Crippen LogP contribution >= 0.6 is 0 Å². The molecule has 0 aliphatic carbocycles. The zero-order valence-electron chi connectivity index (χ0n) is 7.00. The average molecular weight is 177 g/mol. The van der Waals surface area contributed by atoms with Gasteiger partial charge in [0, 0.05) is 13.1 Å². The lowest BCUT2D eigenvalue weighted by Crippen LogP contribution is -2.38. The first kappa shape index (κ1) is 7.99. The maximum absolute atomic E-state index is 12.7. The van der Waals surface area contributed by atoms with Gasteiger partial charge in [0.1, 0.15) is 17.7 Å². The summed E-state index contributed by atoms with van der Waals surface area (Å²) < 4.78 is 12.7. The van der Waals surface area contributed by atoms with Crippen molar-refractivity contribution in [2.75, 3.05) is 18.0 Å². The number of hydrogen-bond acceptors (Lipinski definition) is 3. The largest absolute Gasteiger partial charge is 0.355 e. The van der Waals surface area contributed by atoms with Crippen molar-refractivity contribution in [1.82, 2.24) is 4.98 Å². The maximum atomic E-state index is 12.7. The van der Waals surface area contributed by atoms with Crippen LogP contribution in [0.5, 0.6) is 0 Å². The quantitative estimate of drug-likeness (QED) is 0.649. The predicted octanol–water partition coefficient (Wildman–Crippen LogP) is 1.30. The van der Waals surface area contributed by atoms with E-state index in [9.17, 15) is 4.39 Å². The van der Waals surface area contributed by atoms with Crippen LogP contribution in [0.4, 0.5) is 10.2 Å². The van der Waals surface area contributed by atoms with Gasteiger partial charge in [-0.1, -0.05) is 0 Å². The van der Waals surface area contributed by atoms with E-state index in [1.807, 2.05) is 11.0 Å². The SMILES string of the molecule is N#Cc1cc(F)cnc1N1CCC1. The number of halogens is 1. The zero-order valence-corrected chi connectivity index (χ0v) is 7.00. The van der Waals surface area contributed by atoms with E-state index >= 15 is 0 Å². The molecule has 1 aromatic rings. The van der Waals surface area contributed by atoms with Crippen molar-refractivity contribution in [1.29, 1.82) is 5.26 Å². The molecule has 0 atom stereocenters. The third-order valence-corrected chi connectivity index (χ3v) is 2.11. The van der Waals surface area contributed by atoms with Gasteiger partial charge in [-0.15, -0.1) is 0 Å². The minimum atomic E-state index is -0.458. The Labute approximate surface area is 75.4 Å². The number of nitriles is 1. The Hall–Kier alpha value is -1.63. The molecule has 0 radical (unpaired) electrons. The summed E-state index contributed by atoms with van der Waals surface area (Å²) in [4.78, 5) is 5.87. The van der Waals surface area contributed by atoms with E-state index in [1.54, 1.807) is 0 Å². The third kappa shape index (κ3) is 1.33. The predicted molar refractivity (Wildman–Crippen MR) is 45.7 cm³/mol. The summed E-state index contributed by atoms with van der Waals surface area (Å²) in [5, 5.41) is 8.73. The van der Waals surface area contributed by atoms with E-state index in [-0.39, 0.29) is 0 Å². The molecule has 4 heteroatoms. The lowest BCUT2D eigenvalue weighted by molar-refractivity contribution is 0.596. The summed E-state index contributed by atoms with van der Waals surface area (Å²) in [7, 11) is 0. The molecule has 2 rings (SSSR count). The Morgan fingerprint density at radius 3 is 2.85 bits per heavy atom. The summed E-state index contributed by atoms with van der Waals surface area (Å²) >= 11 is 0. The Morgan fingerprint density at radius 1 is 1.54 bits per heavy atom. The van der Waals surface area contributed by atoms with Crippen LogP contribution in [-0.2, 0) is 0 Å². The standard InChI is InChI=1S/C9H8FN3/c10-8-4-7(5-11)9(12-6-8)13-2-1-3-13/h4,6H,1-3H2. The summed E-state index contributed by atoms with van der Waals surface area (Å²) in [5.41, 5.74) is 0.319. The molecule has 0 aromatic carbocycles. The van der Waals surface area contributed by atoms with E-state index in [4.69, 9.17) is 5.26 Å². The summed E-state index contributed by atoms with van der Waals surface area (Å²) in [6, 6.07) is 3.16.